The lowest BCUT2D eigenvalue weighted by atomic mass is 9.89. The van der Waals surface area contributed by atoms with Crippen molar-refractivity contribution >= 4 is 6.08 Å². The molecule has 0 saturated heterocycles. The van der Waals surface area contributed by atoms with E-state index in [0.29, 0.717) is 5.92 Å². The highest BCUT2D eigenvalue weighted by Crippen LogP contribution is 2.30. The van der Waals surface area contributed by atoms with Crippen molar-refractivity contribution in [3.05, 3.63) is 41.0 Å². The smallest absolute Gasteiger partial charge is 0.109 e. The Morgan fingerprint density at radius 1 is 1.20 bits per heavy atom. The van der Waals surface area contributed by atoms with E-state index in [-0.39, 0.29) is 0 Å². The Balaban J connectivity index is 2.45. The number of hydrogen-bond acceptors (Lipinski definition) is 2. The van der Waals surface area contributed by atoms with Crippen LogP contribution >= 0.6 is 0 Å². The van der Waals surface area contributed by atoms with Crippen LogP contribution in [0.1, 0.15) is 42.6 Å². The molecule has 0 spiro atoms. The monoisotopic (exact) mass is 204 g/mol. The van der Waals surface area contributed by atoms with Gasteiger partial charge in [-0.25, -0.2) is 0 Å². The van der Waals surface area contributed by atoms with E-state index in [2.05, 4.69) is 19.9 Å². The van der Waals surface area contributed by atoms with Crippen molar-refractivity contribution in [3.8, 4) is 0 Å². The molecule has 2 heteroatoms. The Bertz CT molecular complexity index is 394. The van der Waals surface area contributed by atoms with Gasteiger partial charge in [-0.3, -0.25) is 0 Å². The lowest BCUT2D eigenvalue weighted by Crippen LogP contribution is -2.19. The van der Waals surface area contributed by atoms with E-state index in [9.17, 15) is 10.2 Å². The van der Waals surface area contributed by atoms with E-state index in [1.54, 1.807) is 6.08 Å². The standard InChI is InChI=1S/C13H16O2/c1-8(2)9-3-5-11-10(7-9)4-6-12(14)13(11)15/h3-8,12-15H,1-2H3. The summed E-state index contributed by atoms with van der Waals surface area (Å²) in [6.07, 6.45) is 1.95. The van der Waals surface area contributed by atoms with Crippen molar-refractivity contribution in [1.82, 2.24) is 0 Å². The fourth-order valence-electron chi connectivity index (χ4n) is 1.86. The summed E-state index contributed by atoms with van der Waals surface area (Å²) in [5.41, 5.74) is 3.08. The van der Waals surface area contributed by atoms with Gasteiger partial charge in [-0.05, 0) is 22.6 Å². The third kappa shape index (κ3) is 1.83. The molecule has 1 aromatic carbocycles. The first-order chi connectivity index (χ1) is 7.09. The molecule has 0 radical (unpaired) electrons. The molecule has 0 amide bonds. The molecule has 0 saturated carbocycles. The highest BCUT2D eigenvalue weighted by molar-refractivity contribution is 5.59. The van der Waals surface area contributed by atoms with Crippen LogP contribution in [0.3, 0.4) is 0 Å². The highest BCUT2D eigenvalue weighted by Gasteiger charge is 2.22. The Hall–Kier alpha value is -1.12. The van der Waals surface area contributed by atoms with Gasteiger partial charge in [0.1, 0.15) is 12.2 Å². The minimum atomic E-state index is -0.786. The summed E-state index contributed by atoms with van der Waals surface area (Å²) in [5.74, 6) is 0.479. The van der Waals surface area contributed by atoms with Crippen LogP contribution in [0.5, 0.6) is 0 Å². The molecular formula is C13H16O2. The number of hydrogen-bond donors (Lipinski definition) is 2. The number of aliphatic hydroxyl groups excluding tert-OH is 2. The van der Waals surface area contributed by atoms with Gasteiger partial charge >= 0.3 is 0 Å². The molecule has 0 aliphatic heterocycles. The number of fused-ring (bicyclic) bond motifs is 1. The molecule has 0 aromatic heterocycles. The van der Waals surface area contributed by atoms with Crippen LogP contribution in [0, 0.1) is 0 Å². The first-order valence-electron chi connectivity index (χ1n) is 5.28. The zero-order valence-electron chi connectivity index (χ0n) is 9.01. The van der Waals surface area contributed by atoms with Gasteiger partial charge in [0, 0.05) is 0 Å². The van der Waals surface area contributed by atoms with Crippen LogP contribution in [0.15, 0.2) is 24.3 Å². The maximum atomic E-state index is 9.76. The maximum absolute atomic E-state index is 9.76. The highest BCUT2D eigenvalue weighted by atomic mass is 16.3. The second kappa shape index (κ2) is 3.80. The van der Waals surface area contributed by atoms with Crippen LogP contribution in [0.2, 0.25) is 0 Å². The SMILES string of the molecule is CC(C)c1ccc2c(c1)C=CC(O)C2O. The number of aliphatic hydroxyl groups is 2. The minimum Gasteiger partial charge on any atom is -0.386 e. The van der Waals surface area contributed by atoms with E-state index in [0.717, 1.165) is 11.1 Å². The largest absolute Gasteiger partial charge is 0.386 e. The molecule has 2 nitrogen and oxygen atoms in total. The summed E-state index contributed by atoms with van der Waals surface area (Å²) in [6, 6.07) is 5.99. The second-order valence-electron chi connectivity index (χ2n) is 4.34. The van der Waals surface area contributed by atoms with Crippen molar-refractivity contribution in [2.45, 2.75) is 32.0 Å². The molecule has 80 valence electrons. The average Bonchev–Trinajstić information content (AvgIpc) is 2.23. The minimum absolute atomic E-state index is 0.479. The lowest BCUT2D eigenvalue weighted by Gasteiger charge is -2.22. The van der Waals surface area contributed by atoms with Crippen LogP contribution in [0.25, 0.3) is 6.08 Å². The zero-order chi connectivity index (χ0) is 11.0. The van der Waals surface area contributed by atoms with Crippen molar-refractivity contribution < 1.29 is 10.2 Å². The van der Waals surface area contributed by atoms with Gasteiger partial charge in [-0.2, -0.15) is 0 Å². The zero-order valence-corrected chi connectivity index (χ0v) is 9.01. The normalized spacial score (nSPS) is 24.3. The molecule has 2 unspecified atom stereocenters. The molecule has 1 aromatic rings. The predicted molar refractivity (Wildman–Crippen MR) is 60.5 cm³/mol. The Labute approximate surface area is 89.9 Å². The predicted octanol–water partition coefficient (Wildman–Crippen LogP) is 2.23. The first-order valence-corrected chi connectivity index (χ1v) is 5.28. The van der Waals surface area contributed by atoms with Crippen LogP contribution < -0.4 is 0 Å². The maximum Gasteiger partial charge on any atom is 0.109 e. The van der Waals surface area contributed by atoms with Gasteiger partial charge in [0.2, 0.25) is 0 Å². The molecule has 2 rings (SSSR count). The summed E-state index contributed by atoms with van der Waals surface area (Å²) < 4.78 is 0. The van der Waals surface area contributed by atoms with Crippen molar-refractivity contribution in [1.29, 1.82) is 0 Å². The van der Waals surface area contributed by atoms with Gasteiger partial charge in [0.15, 0.2) is 0 Å². The summed E-state index contributed by atoms with van der Waals surface area (Å²) in [5, 5.41) is 19.2. The molecule has 15 heavy (non-hydrogen) atoms. The van der Waals surface area contributed by atoms with E-state index in [1.807, 2.05) is 18.2 Å². The summed E-state index contributed by atoms with van der Waals surface area (Å²) in [4.78, 5) is 0. The summed E-state index contributed by atoms with van der Waals surface area (Å²) in [6.45, 7) is 4.28. The number of rotatable bonds is 1. The fourth-order valence-corrected chi connectivity index (χ4v) is 1.86. The quantitative estimate of drug-likeness (QED) is 0.736. The van der Waals surface area contributed by atoms with Gasteiger partial charge in [-0.1, -0.05) is 44.2 Å². The third-order valence-electron chi connectivity index (χ3n) is 2.89. The average molecular weight is 204 g/mol. The van der Waals surface area contributed by atoms with Crippen molar-refractivity contribution in [3.63, 3.8) is 0 Å². The molecule has 0 bridgehead atoms. The van der Waals surface area contributed by atoms with Crippen molar-refractivity contribution in [2.24, 2.45) is 0 Å². The molecule has 0 heterocycles. The summed E-state index contributed by atoms with van der Waals surface area (Å²) >= 11 is 0. The van der Waals surface area contributed by atoms with Gasteiger partial charge < -0.3 is 10.2 Å². The third-order valence-corrected chi connectivity index (χ3v) is 2.89. The van der Waals surface area contributed by atoms with Crippen LogP contribution in [-0.4, -0.2) is 16.3 Å². The van der Waals surface area contributed by atoms with Gasteiger partial charge in [0.25, 0.3) is 0 Å². The van der Waals surface area contributed by atoms with E-state index in [4.69, 9.17) is 0 Å². The molecule has 2 atom stereocenters. The Kier molecular flexibility index (Phi) is 2.63. The number of benzene rings is 1. The van der Waals surface area contributed by atoms with Gasteiger partial charge in [0.05, 0.1) is 0 Å². The topological polar surface area (TPSA) is 40.5 Å². The molecule has 0 fully saturated rings. The Morgan fingerprint density at radius 2 is 1.93 bits per heavy atom. The fraction of sp³-hybridized carbons (Fsp3) is 0.385. The molecule has 1 aliphatic rings. The molecule has 1 aliphatic carbocycles. The molecule has 2 N–H and O–H groups in total. The lowest BCUT2D eigenvalue weighted by molar-refractivity contribution is 0.0470. The second-order valence-corrected chi connectivity index (χ2v) is 4.34. The van der Waals surface area contributed by atoms with E-state index >= 15 is 0 Å². The van der Waals surface area contributed by atoms with E-state index in [1.165, 1.54) is 5.56 Å². The van der Waals surface area contributed by atoms with Gasteiger partial charge in [-0.15, -0.1) is 0 Å². The van der Waals surface area contributed by atoms with Crippen LogP contribution in [0.4, 0.5) is 0 Å². The van der Waals surface area contributed by atoms with Crippen LogP contribution in [-0.2, 0) is 0 Å². The van der Waals surface area contributed by atoms with E-state index < -0.39 is 12.2 Å². The first kappa shape index (κ1) is 10.4. The Morgan fingerprint density at radius 3 is 2.60 bits per heavy atom. The summed E-state index contributed by atoms with van der Waals surface area (Å²) in [7, 11) is 0. The van der Waals surface area contributed by atoms with Crippen molar-refractivity contribution in [2.75, 3.05) is 0 Å². The molecular weight excluding hydrogens is 188 g/mol.